The van der Waals surface area contributed by atoms with E-state index < -0.39 is 0 Å². The molecule has 8 heteroatoms. The Labute approximate surface area is 244 Å². The number of methoxy groups -OCH3 is 1. The number of anilines is 1. The van der Waals surface area contributed by atoms with Crippen LogP contribution >= 0.6 is 11.6 Å². The lowest BCUT2D eigenvalue weighted by molar-refractivity contribution is 0.0600. The average Bonchev–Trinajstić information content (AvgIpc) is 3.52. The summed E-state index contributed by atoms with van der Waals surface area (Å²) in [5.41, 5.74) is 6.57. The SMILES string of the molecule is COC(=O)c1ccc(CN2CCC3(CC2)CN(C(=O)c2c(-c4ccccc4Cl)noc2C)c2ccc(C)cc23)cc1. The molecular weight excluding hydrogens is 538 g/mol. The molecule has 1 fully saturated rings. The van der Waals surface area contributed by atoms with E-state index in [4.69, 9.17) is 20.9 Å². The predicted molar refractivity (Wildman–Crippen MR) is 159 cm³/mol. The van der Waals surface area contributed by atoms with Gasteiger partial charge in [-0.15, -0.1) is 0 Å². The van der Waals surface area contributed by atoms with E-state index in [2.05, 4.69) is 35.2 Å². The van der Waals surface area contributed by atoms with Gasteiger partial charge in [-0.1, -0.05) is 64.8 Å². The summed E-state index contributed by atoms with van der Waals surface area (Å²) in [6, 6.07) is 21.4. The normalized spacial score (nSPS) is 16.1. The summed E-state index contributed by atoms with van der Waals surface area (Å²) in [6.45, 7) is 7.11. The Bertz CT molecular complexity index is 1620. The Hall–Kier alpha value is -3.94. The van der Waals surface area contributed by atoms with E-state index in [-0.39, 0.29) is 17.3 Å². The van der Waals surface area contributed by atoms with Crippen LogP contribution in [-0.2, 0) is 16.7 Å². The van der Waals surface area contributed by atoms with E-state index in [0.717, 1.165) is 43.7 Å². The highest BCUT2D eigenvalue weighted by Crippen LogP contribution is 2.48. The fraction of sp³-hybridized carbons (Fsp3) is 0.303. The number of hydrogen-bond acceptors (Lipinski definition) is 6. The Kier molecular flexibility index (Phi) is 7.18. The molecule has 2 aliphatic rings. The fourth-order valence-corrected chi connectivity index (χ4v) is 6.47. The number of esters is 1. The molecule has 1 spiro atoms. The van der Waals surface area contributed by atoms with Crippen molar-refractivity contribution >= 4 is 29.2 Å². The van der Waals surface area contributed by atoms with Gasteiger partial charge in [0.1, 0.15) is 17.0 Å². The van der Waals surface area contributed by atoms with Crippen molar-refractivity contribution in [2.24, 2.45) is 0 Å². The van der Waals surface area contributed by atoms with Crippen molar-refractivity contribution in [2.75, 3.05) is 31.6 Å². The molecule has 210 valence electrons. The van der Waals surface area contributed by atoms with Crippen LogP contribution in [0.15, 0.2) is 71.3 Å². The number of aryl methyl sites for hydroxylation is 2. The van der Waals surface area contributed by atoms with Crippen LogP contribution in [-0.4, -0.2) is 48.7 Å². The van der Waals surface area contributed by atoms with Gasteiger partial charge in [-0.25, -0.2) is 4.79 Å². The maximum atomic E-state index is 14.3. The molecule has 1 saturated heterocycles. The van der Waals surface area contributed by atoms with E-state index in [9.17, 15) is 9.59 Å². The number of amides is 1. The summed E-state index contributed by atoms with van der Waals surface area (Å²) in [4.78, 5) is 30.4. The number of hydrogen-bond donors (Lipinski definition) is 0. The standard InChI is InChI=1S/C33H32ClN3O4/c1-21-8-13-28-26(18-21)33(14-16-36(17-15-33)19-23-9-11-24(12-10-23)32(39)40-3)20-37(28)31(38)29-22(2)41-35-30(29)25-6-4-5-7-27(25)34/h4-13,18H,14-17,19-20H2,1-3H3. The van der Waals surface area contributed by atoms with E-state index in [1.54, 1.807) is 13.0 Å². The van der Waals surface area contributed by atoms with Crippen LogP contribution in [0, 0.1) is 13.8 Å². The lowest BCUT2D eigenvalue weighted by Crippen LogP contribution is -2.45. The quantitative estimate of drug-likeness (QED) is 0.252. The number of carbonyl (C=O) groups is 2. The highest BCUT2D eigenvalue weighted by Gasteiger charge is 2.47. The number of carbonyl (C=O) groups excluding carboxylic acids is 2. The van der Waals surface area contributed by atoms with Gasteiger partial charge in [0, 0.05) is 29.8 Å². The number of nitrogens with zero attached hydrogens (tertiary/aromatic N) is 3. The molecule has 0 N–H and O–H groups in total. The first-order valence-electron chi connectivity index (χ1n) is 13.8. The molecule has 3 heterocycles. The molecule has 1 amide bonds. The smallest absolute Gasteiger partial charge is 0.337 e. The fourth-order valence-electron chi connectivity index (χ4n) is 6.25. The minimum absolute atomic E-state index is 0.117. The zero-order valence-electron chi connectivity index (χ0n) is 23.4. The second-order valence-corrected chi connectivity index (χ2v) is 11.5. The summed E-state index contributed by atoms with van der Waals surface area (Å²) in [6.07, 6.45) is 1.88. The van der Waals surface area contributed by atoms with Crippen molar-refractivity contribution in [3.8, 4) is 11.3 Å². The van der Waals surface area contributed by atoms with Gasteiger partial charge < -0.3 is 14.2 Å². The molecule has 0 aliphatic carbocycles. The van der Waals surface area contributed by atoms with Crippen molar-refractivity contribution in [3.05, 3.63) is 105 Å². The number of rotatable bonds is 5. The van der Waals surface area contributed by atoms with Crippen LogP contribution in [0.5, 0.6) is 0 Å². The van der Waals surface area contributed by atoms with E-state index >= 15 is 0 Å². The molecule has 0 saturated carbocycles. The second kappa shape index (κ2) is 10.8. The monoisotopic (exact) mass is 569 g/mol. The summed E-state index contributed by atoms with van der Waals surface area (Å²) < 4.78 is 10.4. The van der Waals surface area contributed by atoms with Crippen LogP contribution in [0.2, 0.25) is 5.02 Å². The average molecular weight is 570 g/mol. The number of ether oxygens (including phenoxy) is 1. The first-order chi connectivity index (χ1) is 19.8. The van der Waals surface area contributed by atoms with Crippen LogP contribution < -0.4 is 4.90 Å². The molecular formula is C33H32ClN3O4. The van der Waals surface area contributed by atoms with E-state index in [1.807, 2.05) is 47.4 Å². The molecule has 4 aromatic rings. The van der Waals surface area contributed by atoms with Crippen LogP contribution in [0.3, 0.4) is 0 Å². The Balaban J connectivity index is 1.25. The molecule has 7 nitrogen and oxygen atoms in total. The highest BCUT2D eigenvalue weighted by molar-refractivity contribution is 6.33. The van der Waals surface area contributed by atoms with Gasteiger partial charge in [0.2, 0.25) is 0 Å². The third-order valence-corrected chi connectivity index (χ3v) is 8.85. The van der Waals surface area contributed by atoms with Gasteiger partial charge in [-0.3, -0.25) is 9.69 Å². The second-order valence-electron chi connectivity index (χ2n) is 11.1. The van der Waals surface area contributed by atoms with Crippen molar-refractivity contribution in [3.63, 3.8) is 0 Å². The molecule has 0 radical (unpaired) electrons. The Morgan fingerprint density at radius 1 is 1.02 bits per heavy atom. The minimum Gasteiger partial charge on any atom is -0.465 e. The van der Waals surface area contributed by atoms with Crippen LogP contribution in [0.1, 0.15) is 56.0 Å². The Morgan fingerprint density at radius 3 is 2.46 bits per heavy atom. The molecule has 41 heavy (non-hydrogen) atoms. The van der Waals surface area contributed by atoms with Crippen molar-refractivity contribution in [2.45, 2.75) is 38.6 Å². The molecule has 0 unspecified atom stereocenters. The maximum absolute atomic E-state index is 14.3. The van der Waals surface area contributed by atoms with Crippen molar-refractivity contribution in [1.82, 2.24) is 10.1 Å². The van der Waals surface area contributed by atoms with Gasteiger partial charge in [0.05, 0.1) is 17.7 Å². The van der Waals surface area contributed by atoms with Gasteiger partial charge in [0.15, 0.2) is 0 Å². The van der Waals surface area contributed by atoms with Crippen molar-refractivity contribution in [1.29, 1.82) is 0 Å². The third-order valence-electron chi connectivity index (χ3n) is 8.52. The van der Waals surface area contributed by atoms with Gasteiger partial charge >= 0.3 is 5.97 Å². The van der Waals surface area contributed by atoms with Gasteiger partial charge in [0.25, 0.3) is 5.91 Å². The van der Waals surface area contributed by atoms with E-state index in [1.165, 1.54) is 18.2 Å². The molecule has 1 aromatic heterocycles. The largest absolute Gasteiger partial charge is 0.465 e. The van der Waals surface area contributed by atoms with Gasteiger partial charge in [-0.05, 0) is 75.2 Å². The van der Waals surface area contributed by atoms with Crippen LogP contribution in [0.25, 0.3) is 11.3 Å². The summed E-state index contributed by atoms with van der Waals surface area (Å²) in [5.74, 6) is 0.0347. The summed E-state index contributed by atoms with van der Waals surface area (Å²) >= 11 is 6.49. The topological polar surface area (TPSA) is 75.9 Å². The predicted octanol–water partition coefficient (Wildman–Crippen LogP) is 6.59. The number of aromatic nitrogens is 1. The molecule has 0 atom stereocenters. The summed E-state index contributed by atoms with van der Waals surface area (Å²) in [7, 11) is 1.39. The van der Waals surface area contributed by atoms with Gasteiger partial charge in [-0.2, -0.15) is 0 Å². The number of halogens is 1. The molecule has 3 aromatic carbocycles. The zero-order chi connectivity index (χ0) is 28.7. The number of benzene rings is 3. The van der Waals surface area contributed by atoms with Crippen molar-refractivity contribution < 1.29 is 18.8 Å². The minimum atomic E-state index is -0.328. The number of piperidine rings is 1. The molecule has 2 aliphatic heterocycles. The Morgan fingerprint density at radius 2 is 1.76 bits per heavy atom. The highest BCUT2D eigenvalue weighted by atomic mass is 35.5. The first kappa shape index (κ1) is 27.2. The zero-order valence-corrected chi connectivity index (χ0v) is 24.2. The molecule has 6 rings (SSSR count). The summed E-state index contributed by atoms with van der Waals surface area (Å²) in [5, 5.41) is 4.77. The lowest BCUT2D eigenvalue weighted by Gasteiger charge is -2.40. The first-order valence-corrected chi connectivity index (χ1v) is 14.2. The maximum Gasteiger partial charge on any atom is 0.337 e. The number of fused-ring (bicyclic) bond motifs is 2. The lowest BCUT2D eigenvalue weighted by atomic mass is 9.74. The molecule has 0 bridgehead atoms. The number of likely N-dealkylation sites (tertiary alicyclic amines) is 1. The van der Waals surface area contributed by atoms with E-state index in [0.29, 0.717) is 39.7 Å². The van der Waals surface area contributed by atoms with Crippen LogP contribution in [0.4, 0.5) is 5.69 Å². The third kappa shape index (κ3) is 4.94.